The molecular formula is C14H24O4. The first-order valence-electron chi connectivity index (χ1n) is 6.91. The molecule has 0 aromatic heterocycles. The molecule has 1 rings (SSSR count). The van der Waals surface area contributed by atoms with E-state index in [9.17, 15) is 4.79 Å². The van der Waals surface area contributed by atoms with Crippen molar-refractivity contribution in [3.63, 3.8) is 0 Å². The molecule has 0 aromatic rings. The van der Waals surface area contributed by atoms with Crippen molar-refractivity contribution in [2.24, 2.45) is 0 Å². The minimum atomic E-state index is -0.855. The number of carboxylic acids is 1. The normalized spacial score (nSPS) is 16.7. The van der Waals surface area contributed by atoms with Crippen LogP contribution in [0.5, 0.6) is 0 Å². The molecule has 0 bridgehead atoms. The van der Waals surface area contributed by atoms with Gasteiger partial charge in [0.25, 0.3) is 0 Å². The lowest BCUT2D eigenvalue weighted by Crippen LogP contribution is -2.06. The Hall–Kier alpha value is -0.870. The van der Waals surface area contributed by atoms with Gasteiger partial charge in [-0.05, 0) is 25.7 Å². The maximum absolute atomic E-state index is 10.2. The Morgan fingerprint density at radius 1 is 1.06 bits per heavy atom. The van der Waals surface area contributed by atoms with E-state index in [4.69, 9.17) is 14.6 Å². The Labute approximate surface area is 109 Å². The smallest absolute Gasteiger partial charge is 0.327 e. The van der Waals surface area contributed by atoms with Crippen LogP contribution in [0.3, 0.4) is 0 Å². The summed E-state index contributed by atoms with van der Waals surface area (Å²) in [6.07, 6.45) is 12.0. The summed E-state index contributed by atoms with van der Waals surface area (Å²) in [5.74, 6) is -0.855. The van der Waals surface area contributed by atoms with Crippen LogP contribution in [0.25, 0.3) is 0 Å². The van der Waals surface area contributed by atoms with Crippen LogP contribution in [-0.2, 0) is 14.3 Å². The van der Waals surface area contributed by atoms with E-state index in [2.05, 4.69) is 0 Å². The molecule has 18 heavy (non-hydrogen) atoms. The van der Waals surface area contributed by atoms with Crippen molar-refractivity contribution in [2.75, 3.05) is 13.2 Å². The third-order valence-corrected chi connectivity index (χ3v) is 3.01. The molecule has 0 saturated carbocycles. The molecule has 0 aliphatic carbocycles. The maximum Gasteiger partial charge on any atom is 0.327 e. The van der Waals surface area contributed by atoms with E-state index in [-0.39, 0.29) is 6.29 Å². The molecule has 0 radical (unpaired) electrons. The zero-order valence-corrected chi connectivity index (χ0v) is 11.0. The first kappa shape index (κ1) is 15.2. The van der Waals surface area contributed by atoms with Crippen LogP contribution in [-0.4, -0.2) is 30.6 Å². The summed E-state index contributed by atoms with van der Waals surface area (Å²) in [5, 5.41) is 8.40. The van der Waals surface area contributed by atoms with Crippen molar-refractivity contribution < 1.29 is 19.4 Å². The lowest BCUT2D eigenvalue weighted by Gasteiger charge is -2.07. The predicted molar refractivity (Wildman–Crippen MR) is 69.4 cm³/mol. The van der Waals surface area contributed by atoms with Crippen molar-refractivity contribution in [3.05, 3.63) is 12.2 Å². The fourth-order valence-corrected chi connectivity index (χ4v) is 2.04. The number of hydrogen-bond acceptors (Lipinski definition) is 3. The van der Waals surface area contributed by atoms with Gasteiger partial charge in [0.2, 0.25) is 0 Å². The van der Waals surface area contributed by atoms with Gasteiger partial charge in [0.15, 0.2) is 6.29 Å². The Morgan fingerprint density at radius 3 is 2.33 bits per heavy atom. The van der Waals surface area contributed by atoms with Gasteiger partial charge in [-0.3, -0.25) is 0 Å². The van der Waals surface area contributed by atoms with Crippen LogP contribution < -0.4 is 0 Å². The van der Waals surface area contributed by atoms with Crippen molar-refractivity contribution in [1.29, 1.82) is 0 Å². The molecule has 1 aliphatic rings. The molecular weight excluding hydrogens is 232 g/mol. The Bertz CT molecular complexity index is 244. The summed E-state index contributed by atoms with van der Waals surface area (Å²) >= 11 is 0. The molecule has 0 unspecified atom stereocenters. The second-order valence-corrected chi connectivity index (χ2v) is 4.61. The molecule has 1 heterocycles. The topological polar surface area (TPSA) is 55.8 Å². The zero-order chi connectivity index (χ0) is 13.1. The number of carboxylic acid groups (broad SMARTS) is 1. The number of unbranched alkanes of at least 4 members (excludes halogenated alkanes) is 6. The van der Waals surface area contributed by atoms with E-state index < -0.39 is 5.97 Å². The summed E-state index contributed by atoms with van der Waals surface area (Å²) in [5.41, 5.74) is 0. The predicted octanol–water partition coefficient (Wildman–Crippen LogP) is 3.12. The first-order chi connectivity index (χ1) is 8.79. The van der Waals surface area contributed by atoms with E-state index in [1.165, 1.54) is 38.2 Å². The van der Waals surface area contributed by atoms with E-state index in [0.29, 0.717) is 0 Å². The average Bonchev–Trinajstić information content (AvgIpc) is 2.84. The van der Waals surface area contributed by atoms with E-state index in [1.807, 2.05) is 0 Å². The standard InChI is InChI=1S/C14H24O4/c15-13(16)9-7-5-3-1-2-4-6-8-10-14-17-11-12-18-14/h7,9,14H,1-6,8,10-12H2,(H,15,16). The van der Waals surface area contributed by atoms with Gasteiger partial charge in [0, 0.05) is 6.08 Å². The summed E-state index contributed by atoms with van der Waals surface area (Å²) < 4.78 is 10.7. The van der Waals surface area contributed by atoms with Crippen molar-refractivity contribution in [3.8, 4) is 0 Å². The van der Waals surface area contributed by atoms with Gasteiger partial charge in [-0.1, -0.05) is 31.8 Å². The number of carbonyl (C=O) groups is 1. The molecule has 1 fully saturated rings. The molecule has 4 heteroatoms. The summed E-state index contributed by atoms with van der Waals surface area (Å²) in [7, 11) is 0. The van der Waals surface area contributed by atoms with Crippen LogP contribution in [0.15, 0.2) is 12.2 Å². The van der Waals surface area contributed by atoms with Crippen LogP contribution in [0, 0.1) is 0 Å². The minimum absolute atomic E-state index is 0.0474. The van der Waals surface area contributed by atoms with Crippen molar-refractivity contribution in [2.45, 2.75) is 57.7 Å². The highest BCUT2D eigenvalue weighted by Gasteiger charge is 2.14. The Morgan fingerprint density at radius 2 is 1.67 bits per heavy atom. The lowest BCUT2D eigenvalue weighted by molar-refractivity contribution is -0.131. The third kappa shape index (κ3) is 8.25. The maximum atomic E-state index is 10.2. The molecule has 0 spiro atoms. The summed E-state index contributed by atoms with van der Waals surface area (Å²) in [4.78, 5) is 10.2. The Kier molecular flexibility index (Phi) is 8.51. The summed E-state index contributed by atoms with van der Waals surface area (Å²) in [6, 6.07) is 0. The number of rotatable bonds is 10. The largest absolute Gasteiger partial charge is 0.478 e. The van der Waals surface area contributed by atoms with Crippen molar-refractivity contribution >= 4 is 5.97 Å². The molecule has 0 aromatic carbocycles. The molecule has 104 valence electrons. The van der Waals surface area contributed by atoms with Gasteiger partial charge in [0.1, 0.15) is 0 Å². The molecule has 0 amide bonds. The fraction of sp³-hybridized carbons (Fsp3) is 0.786. The van der Waals surface area contributed by atoms with E-state index >= 15 is 0 Å². The second kappa shape index (κ2) is 10.1. The third-order valence-electron chi connectivity index (χ3n) is 3.01. The van der Waals surface area contributed by atoms with Gasteiger partial charge >= 0.3 is 5.97 Å². The van der Waals surface area contributed by atoms with Gasteiger partial charge in [-0.2, -0.15) is 0 Å². The second-order valence-electron chi connectivity index (χ2n) is 4.61. The van der Waals surface area contributed by atoms with Gasteiger partial charge in [0.05, 0.1) is 13.2 Å². The minimum Gasteiger partial charge on any atom is -0.478 e. The van der Waals surface area contributed by atoms with Crippen LogP contribution >= 0.6 is 0 Å². The van der Waals surface area contributed by atoms with E-state index in [1.54, 1.807) is 6.08 Å². The van der Waals surface area contributed by atoms with E-state index in [0.717, 1.165) is 32.5 Å². The molecule has 1 saturated heterocycles. The highest BCUT2D eigenvalue weighted by molar-refractivity contribution is 5.79. The molecule has 1 aliphatic heterocycles. The zero-order valence-electron chi connectivity index (χ0n) is 11.0. The number of aliphatic carboxylic acids is 1. The van der Waals surface area contributed by atoms with Crippen LogP contribution in [0.1, 0.15) is 51.4 Å². The number of allylic oxidation sites excluding steroid dienone is 1. The van der Waals surface area contributed by atoms with Gasteiger partial charge in [-0.25, -0.2) is 4.79 Å². The average molecular weight is 256 g/mol. The van der Waals surface area contributed by atoms with Crippen molar-refractivity contribution in [1.82, 2.24) is 0 Å². The SMILES string of the molecule is O=C(O)C=CCCCCCCCCC1OCCO1. The Balaban J connectivity index is 1.77. The van der Waals surface area contributed by atoms with Crippen LogP contribution in [0.2, 0.25) is 0 Å². The quantitative estimate of drug-likeness (QED) is 0.482. The molecule has 0 atom stereocenters. The monoisotopic (exact) mass is 256 g/mol. The van der Waals surface area contributed by atoms with Gasteiger partial charge in [-0.15, -0.1) is 0 Å². The fourth-order valence-electron chi connectivity index (χ4n) is 2.04. The van der Waals surface area contributed by atoms with Crippen LogP contribution in [0.4, 0.5) is 0 Å². The molecule has 4 nitrogen and oxygen atoms in total. The summed E-state index contributed by atoms with van der Waals surface area (Å²) in [6.45, 7) is 1.49. The number of hydrogen-bond donors (Lipinski definition) is 1. The molecule has 1 N–H and O–H groups in total. The highest BCUT2D eigenvalue weighted by atomic mass is 16.7. The number of ether oxygens (including phenoxy) is 2. The highest BCUT2D eigenvalue weighted by Crippen LogP contribution is 2.14. The van der Waals surface area contributed by atoms with Gasteiger partial charge < -0.3 is 14.6 Å². The first-order valence-corrected chi connectivity index (χ1v) is 6.91. The lowest BCUT2D eigenvalue weighted by atomic mass is 10.1.